The molecule has 1 saturated carbocycles. The summed E-state index contributed by atoms with van der Waals surface area (Å²) < 4.78 is 5.26. The molecule has 0 aromatic heterocycles. The molecule has 0 spiro atoms. The number of amides is 1. The first-order chi connectivity index (χ1) is 9.58. The van der Waals surface area contributed by atoms with Crippen LogP contribution in [0.4, 0.5) is 0 Å². The maximum Gasteiger partial charge on any atom is 0.307 e. The molecule has 1 aliphatic heterocycles. The summed E-state index contributed by atoms with van der Waals surface area (Å²) in [6.07, 6.45) is 2.12. The number of aliphatic hydroxyl groups is 1. The normalized spacial score (nSPS) is 34.2. The van der Waals surface area contributed by atoms with Crippen molar-refractivity contribution in [3.63, 3.8) is 0 Å². The van der Waals surface area contributed by atoms with Gasteiger partial charge in [-0.05, 0) is 18.8 Å². The molecule has 20 heavy (non-hydrogen) atoms. The lowest BCUT2D eigenvalue weighted by Gasteiger charge is -2.36. The molecule has 1 amide bonds. The van der Waals surface area contributed by atoms with Crippen LogP contribution in [0, 0.1) is 17.8 Å². The van der Waals surface area contributed by atoms with Crippen molar-refractivity contribution in [1.29, 1.82) is 0 Å². The van der Waals surface area contributed by atoms with E-state index in [2.05, 4.69) is 0 Å². The Hall–Kier alpha value is -1.14. The molecule has 2 unspecified atom stereocenters. The van der Waals surface area contributed by atoms with E-state index in [1.54, 1.807) is 4.90 Å². The van der Waals surface area contributed by atoms with Crippen LogP contribution in [0.3, 0.4) is 0 Å². The average Bonchev–Trinajstić information content (AvgIpc) is 2.91. The van der Waals surface area contributed by atoms with Crippen molar-refractivity contribution in [2.45, 2.75) is 32.2 Å². The molecule has 6 heteroatoms. The third kappa shape index (κ3) is 2.96. The topological polar surface area (TPSA) is 87.1 Å². The van der Waals surface area contributed by atoms with Crippen molar-refractivity contribution in [2.24, 2.45) is 17.8 Å². The molecular formula is C14H23NO5. The predicted molar refractivity (Wildman–Crippen MR) is 71.0 cm³/mol. The van der Waals surface area contributed by atoms with Gasteiger partial charge >= 0.3 is 5.97 Å². The Morgan fingerprint density at radius 2 is 2.00 bits per heavy atom. The van der Waals surface area contributed by atoms with Gasteiger partial charge in [-0.25, -0.2) is 0 Å². The molecule has 0 aromatic rings. The SMILES string of the molecule is CCC1C[C@H](C(=O)N2CCOCC2CO)[C@H](C(=O)O)C1. The number of morpholine rings is 1. The number of aliphatic hydroxyl groups excluding tert-OH is 1. The first-order valence-corrected chi connectivity index (χ1v) is 7.30. The minimum absolute atomic E-state index is 0.129. The molecule has 2 rings (SSSR count). The van der Waals surface area contributed by atoms with E-state index in [-0.39, 0.29) is 18.6 Å². The second kappa shape index (κ2) is 6.54. The number of carboxylic acid groups (broad SMARTS) is 1. The van der Waals surface area contributed by atoms with E-state index in [0.29, 0.717) is 38.5 Å². The fourth-order valence-electron chi connectivity index (χ4n) is 3.33. The number of ether oxygens (including phenoxy) is 1. The second-order valence-electron chi connectivity index (χ2n) is 5.74. The Balaban J connectivity index is 2.11. The number of aliphatic carboxylic acids is 1. The van der Waals surface area contributed by atoms with E-state index in [1.165, 1.54) is 0 Å². The van der Waals surface area contributed by atoms with Gasteiger partial charge in [-0.2, -0.15) is 0 Å². The van der Waals surface area contributed by atoms with Crippen LogP contribution >= 0.6 is 0 Å². The van der Waals surface area contributed by atoms with Crippen molar-refractivity contribution in [1.82, 2.24) is 4.90 Å². The number of rotatable bonds is 4. The molecule has 2 fully saturated rings. The molecule has 1 aliphatic carbocycles. The quantitative estimate of drug-likeness (QED) is 0.778. The standard InChI is InChI=1S/C14H23NO5/c1-2-9-5-11(12(6-9)14(18)19)13(17)15-3-4-20-8-10(15)7-16/h9-12,16H,2-8H2,1H3,(H,18,19)/t9?,10?,11-,12+/m0/s1. The molecule has 114 valence electrons. The highest BCUT2D eigenvalue weighted by Gasteiger charge is 2.45. The van der Waals surface area contributed by atoms with Gasteiger partial charge in [0.15, 0.2) is 0 Å². The summed E-state index contributed by atoms with van der Waals surface area (Å²) in [7, 11) is 0. The Bertz CT molecular complexity index is 373. The molecule has 4 atom stereocenters. The maximum atomic E-state index is 12.6. The zero-order chi connectivity index (χ0) is 14.7. The van der Waals surface area contributed by atoms with Crippen molar-refractivity contribution >= 4 is 11.9 Å². The first-order valence-electron chi connectivity index (χ1n) is 7.30. The lowest BCUT2D eigenvalue weighted by molar-refractivity contribution is -0.154. The summed E-state index contributed by atoms with van der Waals surface area (Å²) in [4.78, 5) is 25.6. The van der Waals surface area contributed by atoms with E-state index in [1.807, 2.05) is 6.92 Å². The zero-order valence-corrected chi connectivity index (χ0v) is 11.8. The van der Waals surface area contributed by atoms with E-state index in [4.69, 9.17) is 4.74 Å². The molecule has 1 heterocycles. The molecule has 1 saturated heterocycles. The third-order valence-corrected chi connectivity index (χ3v) is 4.59. The lowest BCUT2D eigenvalue weighted by atomic mass is 9.94. The Kier molecular flexibility index (Phi) is 4.99. The minimum atomic E-state index is -0.881. The van der Waals surface area contributed by atoms with Gasteiger partial charge < -0.3 is 19.8 Å². The van der Waals surface area contributed by atoms with Crippen LogP contribution in [0.25, 0.3) is 0 Å². The van der Waals surface area contributed by atoms with Crippen LogP contribution in [0.15, 0.2) is 0 Å². The summed E-state index contributed by atoms with van der Waals surface area (Å²) in [6, 6.07) is -0.341. The number of hydrogen-bond donors (Lipinski definition) is 2. The van der Waals surface area contributed by atoms with Crippen LogP contribution in [-0.4, -0.2) is 59.4 Å². The molecule has 0 aromatic carbocycles. The number of hydrogen-bond acceptors (Lipinski definition) is 4. The highest BCUT2D eigenvalue weighted by molar-refractivity contribution is 5.85. The predicted octanol–water partition coefficient (Wildman–Crippen LogP) is 0.343. The fraction of sp³-hybridized carbons (Fsp3) is 0.857. The monoisotopic (exact) mass is 285 g/mol. The smallest absolute Gasteiger partial charge is 0.307 e. The van der Waals surface area contributed by atoms with Crippen molar-refractivity contribution < 1.29 is 24.5 Å². The number of carbonyl (C=O) groups excluding carboxylic acids is 1. The van der Waals surface area contributed by atoms with Gasteiger partial charge in [-0.3, -0.25) is 9.59 Å². The minimum Gasteiger partial charge on any atom is -0.481 e. The third-order valence-electron chi connectivity index (χ3n) is 4.59. The van der Waals surface area contributed by atoms with Gasteiger partial charge in [0.1, 0.15) is 0 Å². The van der Waals surface area contributed by atoms with Gasteiger partial charge in [0, 0.05) is 6.54 Å². The number of carbonyl (C=O) groups is 2. The number of carboxylic acids is 1. The summed E-state index contributed by atoms with van der Waals surface area (Å²) in [6.45, 7) is 3.09. The van der Waals surface area contributed by atoms with E-state index in [9.17, 15) is 19.8 Å². The Morgan fingerprint density at radius 1 is 1.30 bits per heavy atom. The Labute approximate surface area is 118 Å². The van der Waals surface area contributed by atoms with Gasteiger partial charge in [0.05, 0.1) is 37.7 Å². The summed E-state index contributed by atoms with van der Waals surface area (Å²) in [5.41, 5.74) is 0. The first kappa shape index (κ1) is 15.3. The zero-order valence-electron chi connectivity index (χ0n) is 11.8. The van der Waals surface area contributed by atoms with E-state index >= 15 is 0 Å². The molecule has 2 aliphatic rings. The van der Waals surface area contributed by atoms with Gasteiger partial charge in [-0.1, -0.05) is 13.3 Å². The summed E-state index contributed by atoms with van der Waals surface area (Å²) in [5.74, 6) is -1.75. The summed E-state index contributed by atoms with van der Waals surface area (Å²) >= 11 is 0. The van der Waals surface area contributed by atoms with E-state index < -0.39 is 17.8 Å². The lowest BCUT2D eigenvalue weighted by Crippen LogP contribution is -2.53. The Morgan fingerprint density at radius 3 is 2.60 bits per heavy atom. The largest absolute Gasteiger partial charge is 0.481 e. The maximum absolute atomic E-state index is 12.6. The van der Waals surface area contributed by atoms with Crippen LogP contribution in [-0.2, 0) is 14.3 Å². The van der Waals surface area contributed by atoms with Crippen molar-refractivity contribution in [2.75, 3.05) is 26.4 Å². The fourth-order valence-corrected chi connectivity index (χ4v) is 3.33. The molecule has 2 N–H and O–H groups in total. The molecule has 6 nitrogen and oxygen atoms in total. The van der Waals surface area contributed by atoms with Crippen LogP contribution in [0.5, 0.6) is 0 Å². The van der Waals surface area contributed by atoms with Crippen LogP contribution in [0.2, 0.25) is 0 Å². The average molecular weight is 285 g/mol. The van der Waals surface area contributed by atoms with Crippen molar-refractivity contribution in [3.8, 4) is 0 Å². The van der Waals surface area contributed by atoms with Gasteiger partial charge in [-0.15, -0.1) is 0 Å². The second-order valence-corrected chi connectivity index (χ2v) is 5.74. The number of nitrogens with zero attached hydrogens (tertiary/aromatic N) is 1. The van der Waals surface area contributed by atoms with Gasteiger partial charge in [0.2, 0.25) is 5.91 Å². The molecular weight excluding hydrogens is 262 g/mol. The van der Waals surface area contributed by atoms with Crippen LogP contribution < -0.4 is 0 Å². The van der Waals surface area contributed by atoms with E-state index in [0.717, 1.165) is 6.42 Å². The summed E-state index contributed by atoms with van der Waals surface area (Å²) in [5, 5.41) is 18.7. The molecule has 0 radical (unpaired) electrons. The molecule has 0 bridgehead atoms. The highest BCUT2D eigenvalue weighted by atomic mass is 16.5. The van der Waals surface area contributed by atoms with Gasteiger partial charge in [0.25, 0.3) is 0 Å². The highest BCUT2D eigenvalue weighted by Crippen LogP contribution is 2.39. The van der Waals surface area contributed by atoms with Crippen molar-refractivity contribution in [3.05, 3.63) is 0 Å². The van der Waals surface area contributed by atoms with Crippen LogP contribution in [0.1, 0.15) is 26.2 Å².